The molecule has 2 aliphatic heterocycles. The fourth-order valence-corrected chi connectivity index (χ4v) is 4.89. The van der Waals surface area contributed by atoms with Crippen LogP contribution in [0.2, 0.25) is 5.02 Å². The summed E-state index contributed by atoms with van der Waals surface area (Å²) in [6.45, 7) is 5.49. The van der Waals surface area contributed by atoms with E-state index in [0.29, 0.717) is 17.4 Å². The SMILES string of the molecule is Cc1ncc(CCN2CCCCC2)cc1Nc1ncc2c(n1)-c1ccc(Cl)cc1NC(=S)C2. The second-order valence-corrected chi connectivity index (χ2v) is 9.67. The lowest BCUT2D eigenvalue weighted by atomic mass is 10.1. The maximum Gasteiger partial charge on any atom is 0.227 e. The fraction of sp³-hybridized carbons (Fsp3) is 0.360. The maximum atomic E-state index is 6.21. The average molecular weight is 479 g/mol. The molecule has 6 nitrogen and oxygen atoms in total. The summed E-state index contributed by atoms with van der Waals surface area (Å²) >= 11 is 11.7. The van der Waals surface area contributed by atoms with Crippen LogP contribution in [0.3, 0.4) is 0 Å². The first kappa shape index (κ1) is 22.2. The topological polar surface area (TPSA) is 66.0 Å². The summed E-state index contributed by atoms with van der Waals surface area (Å²) in [4.78, 5) is 17.3. The van der Waals surface area contributed by atoms with E-state index in [2.05, 4.69) is 31.6 Å². The van der Waals surface area contributed by atoms with Gasteiger partial charge in [-0.3, -0.25) is 4.98 Å². The van der Waals surface area contributed by atoms with Gasteiger partial charge in [0.1, 0.15) is 0 Å². The van der Waals surface area contributed by atoms with Crippen molar-refractivity contribution in [1.82, 2.24) is 19.9 Å². The monoisotopic (exact) mass is 478 g/mol. The van der Waals surface area contributed by atoms with Gasteiger partial charge in [-0.2, -0.15) is 0 Å². The molecule has 0 aliphatic carbocycles. The van der Waals surface area contributed by atoms with Crippen LogP contribution in [0.5, 0.6) is 0 Å². The summed E-state index contributed by atoms with van der Waals surface area (Å²) in [5, 5.41) is 7.33. The minimum atomic E-state index is 0.542. The Balaban J connectivity index is 1.39. The Morgan fingerprint density at radius 1 is 1.12 bits per heavy atom. The van der Waals surface area contributed by atoms with Crippen LogP contribution in [0, 0.1) is 6.92 Å². The number of aromatic nitrogens is 3. The molecule has 3 aromatic rings. The van der Waals surface area contributed by atoms with Gasteiger partial charge in [-0.25, -0.2) is 9.97 Å². The number of aryl methyl sites for hydroxylation is 1. The van der Waals surface area contributed by atoms with Crippen LogP contribution in [0.4, 0.5) is 17.3 Å². The number of halogens is 1. The highest BCUT2D eigenvalue weighted by atomic mass is 35.5. The van der Waals surface area contributed by atoms with Gasteiger partial charge in [0.15, 0.2) is 0 Å². The van der Waals surface area contributed by atoms with E-state index in [1.165, 1.54) is 37.9 Å². The first-order chi connectivity index (χ1) is 16.0. The second-order valence-electron chi connectivity index (χ2n) is 8.74. The number of rotatable bonds is 5. The molecule has 8 heteroatoms. The number of likely N-dealkylation sites (tertiary alicyclic amines) is 1. The number of anilines is 3. The van der Waals surface area contributed by atoms with Crippen molar-refractivity contribution in [2.24, 2.45) is 0 Å². The Morgan fingerprint density at radius 3 is 2.82 bits per heavy atom. The van der Waals surface area contributed by atoms with Crippen LogP contribution >= 0.6 is 23.8 Å². The van der Waals surface area contributed by atoms with E-state index in [-0.39, 0.29) is 0 Å². The zero-order chi connectivity index (χ0) is 22.8. The molecule has 33 heavy (non-hydrogen) atoms. The molecule has 1 saturated heterocycles. The van der Waals surface area contributed by atoms with Crippen LogP contribution in [0.1, 0.15) is 36.1 Å². The summed E-state index contributed by atoms with van der Waals surface area (Å²) < 4.78 is 0. The lowest BCUT2D eigenvalue weighted by molar-refractivity contribution is 0.231. The van der Waals surface area contributed by atoms with E-state index < -0.39 is 0 Å². The second kappa shape index (κ2) is 9.71. The third-order valence-corrected chi connectivity index (χ3v) is 6.76. The molecule has 0 unspecified atom stereocenters. The molecule has 4 heterocycles. The first-order valence-corrected chi connectivity index (χ1v) is 12.2. The van der Waals surface area contributed by atoms with Gasteiger partial charge < -0.3 is 15.5 Å². The molecule has 2 aliphatic rings. The van der Waals surface area contributed by atoms with Crippen molar-refractivity contribution < 1.29 is 0 Å². The van der Waals surface area contributed by atoms with Gasteiger partial charge in [-0.05, 0) is 69.1 Å². The van der Waals surface area contributed by atoms with Gasteiger partial charge >= 0.3 is 0 Å². The highest BCUT2D eigenvalue weighted by Gasteiger charge is 2.20. The number of hydrogen-bond donors (Lipinski definition) is 2. The van der Waals surface area contributed by atoms with Crippen molar-refractivity contribution in [3.63, 3.8) is 0 Å². The third-order valence-electron chi connectivity index (χ3n) is 6.28. The van der Waals surface area contributed by atoms with Crippen molar-refractivity contribution >= 4 is 46.1 Å². The predicted octanol–water partition coefficient (Wildman–Crippen LogP) is 5.57. The minimum Gasteiger partial charge on any atom is -0.349 e. The number of thiocarbonyl (C=S) groups is 1. The van der Waals surface area contributed by atoms with Crippen LogP contribution in [0.25, 0.3) is 11.3 Å². The molecule has 5 rings (SSSR count). The van der Waals surface area contributed by atoms with Gasteiger partial charge in [0.25, 0.3) is 0 Å². The molecule has 1 fully saturated rings. The molecule has 0 bridgehead atoms. The van der Waals surface area contributed by atoms with Crippen LogP contribution in [0.15, 0.2) is 36.7 Å². The molecule has 2 aromatic heterocycles. The molecular weight excluding hydrogens is 452 g/mol. The highest BCUT2D eigenvalue weighted by molar-refractivity contribution is 7.80. The minimum absolute atomic E-state index is 0.542. The number of pyridine rings is 1. The Labute approximate surface area is 204 Å². The highest BCUT2D eigenvalue weighted by Crippen LogP contribution is 2.35. The number of benzene rings is 1. The van der Waals surface area contributed by atoms with Crippen molar-refractivity contribution in [1.29, 1.82) is 0 Å². The van der Waals surface area contributed by atoms with Crippen LogP contribution in [-0.2, 0) is 12.8 Å². The van der Waals surface area contributed by atoms with E-state index in [4.69, 9.17) is 28.8 Å². The number of nitrogens with zero attached hydrogens (tertiary/aromatic N) is 4. The largest absolute Gasteiger partial charge is 0.349 e. The smallest absolute Gasteiger partial charge is 0.227 e. The summed E-state index contributed by atoms with van der Waals surface area (Å²) in [6, 6.07) is 7.90. The normalized spacial score (nSPS) is 15.9. The van der Waals surface area contributed by atoms with Crippen LogP contribution in [-0.4, -0.2) is 44.5 Å². The number of hydrogen-bond acceptors (Lipinski definition) is 6. The van der Waals surface area contributed by atoms with E-state index in [1.807, 2.05) is 37.5 Å². The van der Waals surface area contributed by atoms with Gasteiger partial charge in [-0.1, -0.05) is 30.2 Å². The Bertz CT molecular complexity index is 1190. The molecule has 0 amide bonds. The van der Waals surface area contributed by atoms with Crippen LogP contribution < -0.4 is 10.6 Å². The third kappa shape index (κ3) is 5.16. The Kier molecular flexibility index (Phi) is 6.53. The first-order valence-electron chi connectivity index (χ1n) is 11.5. The van der Waals surface area contributed by atoms with Crippen molar-refractivity contribution in [2.45, 2.75) is 39.0 Å². The lowest BCUT2D eigenvalue weighted by Crippen LogP contribution is -2.31. The van der Waals surface area contributed by atoms with Gasteiger partial charge in [0.2, 0.25) is 5.95 Å². The predicted molar refractivity (Wildman–Crippen MR) is 139 cm³/mol. The maximum absolute atomic E-state index is 6.21. The van der Waals surface area contributed by atoms with Gasteiger partial charge in [0, 0.05) is 47.2 Å². The van der Waals surface area contributed by atoms with Gasteiger partial charge in [0.05, 0.1) is 22.1 Å². The zero-order valence-electron chi connectivity index (χ0n) is 18.7. The van der Waals surface area contributed by atoms with Gasteiger partial charge in [-0.15, -0.1) is 0 Å². The van der Waals surface area contributed by atoms with Crippen molar-refractivity contribution in [2.75, 3.05) is 30.3 Å². The standard InChI is InChI=1S/C25H27ClN6S/c1-16-21(11-17(14-27-16)7-10-32-8-3-2-4-9-32)30-25-28-15-18-12-23(33)29-22-13-19(26)5-6-20(22)24(18)31-25/h5-6,11,13-15H,2-4,7-10,12H2,1H3,(H,29,33)(H,28,30,31). The lowest BCUT2D eigenvalue weighted by Gasteiger charge is -2.26. The Morgan fingerprint density at radius 2 is 1.97 bits per heavy atom. The number of fused-ring (bicyclic) bond motifs is 3. The van der Waals surface area contributed by atoms with E-state index in [1.54, 1.807) is 0 Å². The summed E-state index contributed by atoms with van der Waals surface area (Å²) in [6.07, 6.45) is 9.39. The zero-order valence-corrected chi connectivity index (χ0v) is 20.3. The molecule has 2 N–H and O–H groups in total. The number of nitrogens with one attached hydrogen (secondary N) is 2. The van der Waals surface area contributed by atoms with E-state index >= 15 is 0 Å². The van der Waals surface area contributed by atoms with E-state index in [9.17, 15) is 0 Å². The molecular formula is C25H27ClN6S. The number of piperidine rings is 1. The molecule has 1 aromatic carbocycles. The molecule has 170 valence electrons. The summed E-state index contributed by atoms with van der Waals surface area (Å²) in [5.41, 5.74) is 6.76. The fourth-order valence-electron chi connectivity index (χ4n) is 4.45. The molecule has 0 atom stereocenters. The molecule has 0 saturated carbocycles. The van der Waals surface area contributed by atoms with Crippen molar-refractivity contribution in [3.05, 3.63) is 58.5 Å². The van der Waals surface area contributed by atoms with E-state index in [0.717, 1.165) is 51.8 Å². The molecule has 0 spiro atoms. The quantitative estimate of drug-likeness (QED) is 0.465. The Hall–Kier alpha value is -2.61. The summed E-state index contributed by atoms with van der Waals surface area (Å²) in [5.74, 6) is 0.542. The van der Waals surface area contributed by atoms with Crippen molar-refractivity contribution in [3.8, 4) is 11.3 Å². The molecule has 0 radical (unpaired) electrons. The summed E-state index contributed by atoms with van der Waals surface area (Å²) in [7, 11) is 0. The average Bonchev–Trinajstić information content (AvgIpc) is 2.95.